The SMILES string of the molecule is CC(C)NCC1CCCN(Cc2ccc(Cl)c(Br)c2)C1. The van der Waals surface area contributed by atoms with E-state index >= 15 is 0 Å². The molecule has 1 aromatic rings. The number of nitrogens with one attached hydrogen (secondary N) is 1. The Morgan fingerprint density at radius 3 is 2.95 bits per heavy atom. The molecular weight excluding hydrogens is 336 g/mol. The van der Waals surface area contributed by atoms with Crippen LogP contribution in [-0.2, 0) is 6.54 Å². The van der Waals surface area contributed by atoms with Gasteiger partial charge in [-0.05, 0) is 65.5 Å². The second kappa shape index (κ2) is 7.79. The van der Waals surface area contributed by atoms with Crippen LogP contribution in [0.15, 0.2) is 22.7 Å². The molecule has 1 saturated heterocycles. The van der Waals surface area contributed by atoms with Gasteiger partial charge in [0.05, 0.1) is 5.02 Å². The molecule has 2 rings (SSSR count). The van der Waals surface area contributed by atoms with Crippen molar-refractivity contribution in [1.82, 2.24) is 10.2 Å². The van der Waals surface area contributed by atoms with Gasteiger partial charge in [-0.25, -0.2) is 0 Å². The zero-order valence-electron chi connectivity index (χ0n) is 12.3. The van der Waals surface area contributed by atoms with E-state index in [9.17, 15) is 0 Å². The summed E-state index contributed by atoms with van der Waals surface area (Å²) in [5.74, 6) is 0.780. The molecule has 1 aromatic carbocycles. The molecule has 2 nitrogen and oxygen atoms in total. The molecule has 1 unspecified atom stereocenters. The van der Waals surface area contributed by atoms with Gasteiger partial charge in [0.15, 0.2) is 0 Å². The van der Waals surface area contributed by atoms with Crippen LogP contribution < -0.4 is 5.32 Å². The van der Waals surface area contributed by atoms with Gasteiger partial charge in [0.25, 0.3) is 0 Å². The van der Waals surface area contributed by atoms with Crippen molar-refractivity contribution in [1.29, 1.82) is 0 Å². The van der Waals surface area contributed by atoms with Crippen LogP contribution in [0.2, 0.25) is 5.02 Å². The van der Waals surface area contributed by atoms with Gasteiger partial charge in [0.2, 0.25) is 0 Å². The van der Waals surface area contributed by atoms with Crippen LogP contribution in [0.1, 0.15) is 32.3 Å². The molecule has 20 heavy (non-hydrogen) atoms. The minimum Gasteiger partial charge on any atom is -0.314 e. The van der Waals surface area contributed by atoms with Gasteiger partial charge in [-0.1, -0.05) is 31.5 Å². The van der Waals surface area contributed by atoms with Crippen LogP contribution in [0.25, 0.3) is 0 Å². The van der Waals surface area contributed by atoms with Crippen molar-refractivity contribution in [3.8, 4) is 0 Å². The quantitative estimate of drug-likeness (QED) is 0.842. The molecule has 0 radical (unpaired) electrons. The average Bonchev–Trinajstić information content (AvgIpc) is 2.41. The van der Waals surface area contributed by atoms with E-state index in [-0.39, 0.29) is 0 Å². The number of hydrogen-bond acceptors (Lipinski definition) is 2. The van der Waals surface area contributed by atoms with Crippen molar-refractivity contribution in [2.24, 2.45) is 5.92 Å². The lowest BCUT2D eigenvalue weighted by atomic mass is 9.97. The van der Waals surface area contributed by atoms with Crippen molar-refractivity contribution in [3.63, 3.8) is 0 Å². The molecule has 0 saturated carbocycles. The first-order valence-electron chi connectivity index (χ1n) is 7.44. The molecule has 112 valence electrons. The molecule has 0 aromatic heterocycles. The lowest BCUT2D eigenvalue weighted by Gasteiger charge is -2.33. The maximum absolute atomic E-state index is 6.05. The normalized spacial score (nSPS) is 20.6. The Balaban J connectivity index is 1.87. The number of benzene rings is 1. The third kappa shape index (κ3) is 5.03. The summed E-state index contributed by atoms with van der Waals surface area (Å²) in [5.41, 5.74) is 1.33. The second-order valence-electron chi connectivity index (χ2n) is 6.05. The summed E-state index contributed by atoms with van der Waals surface area (Å²) in [6, 6.07) is 6.82. The molecule has 0 amide bonds. The van der Waals surface area contributed by atoms with E-state index in [1.807, 2.05) is 6.07 Å². The van der Waals surface area contributed by atoms with Crippen LogP contribution in [0, 0.1) is 5.92 Å². The Morgan fingerprint density at radius 2 is 2.25 bits per heavy atom. The monoisotopic (exact) mass is 358 g/mol. The number of rotatable bonds is 5. The molecule has 1 atom stereocenters. The van der Waals surface area contributed by atoms with E-state index in [1.165, 1.54) is 31.5 Å². The summed E-state index contributed by atoms with van der Waals surface area (Å²) in [6.45, 7) is 8.99. The van der Waals surface area contributed by atoms with Crippen molar-refractivity contribution in [2.75, 3.05) is 19.6 Å². The van der Waals surface area contributed by atoms with Crippen molar-refractivity contribution >= 4 is 27.5 Å². The standard InChI is InChI=1S/C16H24BrClN2/c1-12(2)19-9-14-4-3-7-20(11-14)10-13-5-6-16(18)15(17)8-13/h5-6,8,12,14,19H,3-4,7,9-11H2,1-2H3. The summed E-state index contributed by atoms with van der Waals surface area (Å²) in [5, 5.41) is 4.35. The van der Waals surface area contributed by atoms with Gasteiger partial charge >= 0.3 is 0 Å². The number of hydrogen-bond donors (Lipinski definition) is 1. The van der Waals surface area contributed by atoms with E-state index in [0.29, 0.717) is 6.04 Å². The van der Waals surface area contributed by atoms with Gasteiger partial charge < -0.3 is 5.32 Å². The summed E-state index contributed by atoms with van der Waals surface area (Å²) >= 11 is 9.55. The van der Waals surface area contributed by atoms with E-state index in [0.717, 1.165) is 28.5 Å². The Hall–Kier alpha value is -0.0900. The van der Waals surface area contributed by atoms with Crippen LogP contribution in [0.5, 0.6) is 0 Å². The topological polar surface area (TPSA) is 15.3 Å². The average molecular weight is 360 g/mol. The van der Waals surface area contributed by atoms with Crippen LogP contribution in [0.4, 0.5) is 0 Å². The summed E-state index contributed by atoms with van der Waals surface area (Å²) < 4.78 is 0.992. The fraction of sp³-hybridized carbons (Fsp3) is 0.625. The summed E-state index contributed by atoms with van der Waals surface area (Å²) in [4.78, 5) is 2.56. The molecule has 1 N–H and O–H groups in total. The molecule has 0 spiro atoms. The van der Waals surface area contributed by atoms with Gasteiger partial charge in [0.1, 0.15) is 0 Å². The number of nitrogens with zero attached hydrogens (tertiary/aromatic N) is 1. The highest BCUT2D eigenvalue weighted by Crippen LogP contribution is 2.25. The fourth-order valence-electron chi connectivity index (χ4n) is 2.76. The Morgan fingerprint density at radius 1 is 1.45 bits per heavy atom. The van der Waals surface area contributed by atoms with E-state index in [1.54, 1.807) is 0 Å². The second-order valence-corrected chi connectivity index (χ2v) is 7.32. The predicted molar refractivity (Wildman–Crippen MR) is 90.3 cm³/mol. The van der Waals surface area contributed by atoms with Gasteiger partial charge in [0, 0.05) is 23.6 Å². The van der Waals surface area contributed by atoms with Gasteiger partial charge in [-0.15, -0.1) is 0 Å². The number of piperidine rings is 1. The molecule has 0 bridgehead atoms. The predicted octanol–water partition coefficient (Wildman–Crippen LogP) is 4.31. The molecular formula is C16H24BrClN2. The van der Waals surface area contributed by atoms with E-state index in [2.05, 4.69) is 52.1 Å². The first kappa shape index (κ1) is 16.3. The smallest absolute Gasteiger partial charge is 0.0548 e. The molecule has 1 aliphatic rings. The van der Waals surface area contributed by atoms with Crippen molar-refractivity contribution in [3.05, 3.63) is 33.3 Å². The number of halogens is 2. The van der Waals surface area contributed by atoms with Crippen LogP contribution >= 0.6 is 27.5 Å². The Bertz CT molecular complexity index is 436. The largest absolute Gasteiger partial charge is 0.314 e. The maximum Gasteiger partial charge on any atom is 0.0548 e. The third-order valence-corrected chi connectivity index (χ3v) is 5.02. The highest BCUT2D eigenvalue weighted by atomic mass is 79.9. The summed E-state index contributed by atoms with van der Waals surface area (Å²) in [6.07, 6.45) is 2.65. The molecule has 0 aliphatic carbocycles. The Labute approximate surface area is 136 Å². The lowest BCUT2D eigenvalue weighted by Crippen LogP contribution is -2.40. The Kier molecular flexibility index (Phi) is 6.34. The maximum atomic E-state index is 6.05. The van der Waals surface area contributed by atoms with Crippen LogP contribution in [0.3, 0.4) is 0 Å². The zero-order valence-corrected chi connectivity index (χ0v) is 14.7. The van der Waals surface area contributed by atoms with Gasteiger partial charge in [-0.3, -0.25) is 4.90 Å². The first-order chi connectivity index (χ1) is 9.54. The molecule has 1 heterocycles. The molecule has 4 heteroatoms. The minimum absolute atomic E-state index is 0.581. The fourth-order valence-corrected chi connectivity index (χ4v) is 3.30. The number of likely N-dealkylation sites (tertiary alicyclic amines) is 1. The highest BCUT2D eigenvalue weighted by Gasteiger charge is 2.20. The first-order valence-corrected chi connectivity index (χ1v) is 8.61. The van der Waals surface area contributed by atoms with Crippen LogP contribution in [-0.4, -0.2) is 30.6 Å². The summed E-state index contributed by atoms with van der Waals surface area (Å²) in [7, 11) is 0. The third-order valence-electron chi connectivity index (χ3n) is 3.81. The van der Waals surface area contributed by atoms with Crippen molar-refractivity contribution in [2.45, 2.75) is 39.3 Å². The molecule has 1 aliphatic heterocycles. The van der Waals surface area contributed by atoms with E-state index in [4.69, 9.17) is 11.6 Å². The lowest BCUT2D eigenvalue weighted by molar-refractivity contribution is 0.164. The highest BCUT2D eigenvalue weighted by molar-refractivity contribution is 9.10. The zero-order chi connectivity index (χ0) is 14.5. The van der Waals surface area contributed by atoms with Gasteiger partial charge in [-0.2, -0.15) is 0 Å². The van der Waals surface area contributed by atoms with Crippen molar-refractivity contribution < 1.29 is 0 Å². The minimum atomic E-state index is 0.581. The van der Waals surface area contributed by atoms with E-state index < -0.39 is 0 Å². The molecule has 1 fully saturated rings.